The number of halogens is 5. The molecule has 26 heavy (non-hydrogen) atoms. The van der Waals surface area contributed by atoms with Crippen LogP contribution in [0.15, 0.2) is 30.5 Å². The lowest BCUT2D eigenvalue weighted by Crippen LogP contribution is -2.20. The summed E-state index contributed by atoms with van der Waals surface area (Å²) in [5.41, 5.74) is -2.07. The monoisotopic (exact) mass is 495 g/mol. The number of alkyl halides is 3. The second-order valence-corrected chi connectivity index (χ2v) is 6.49. The number of hydrogen-bond acceptors (Lipinski definition) is 4. The van der Waals surface area contributed by atoms with Crippen LogP contribution >= 0.6 is 34.2 Å². The van der Waals surface area contributed by atoms with Gasteiger partial charge in [-0.3, -0.25) is 9.78 Å². The predicted octanol–water partition coefficient (Wildman–Crippen LogP) is 4.09. The van der Waals surface area contributed by atoms with Crippen molar-refractivity contribution in [2.75, 3.05) is 0 Å². The molecule has 2 heterocycles. The third-order valence-electron chi connectivity index (χ3n) is 3.45. The van der Waals surface area contributed by atoms with Crippen molar-refractivity contribution in [2.24, 2.45) is 0 Å². The highest BCUT2D eigenvalue weighted by Gasteiger charge is 2.37. The summed E-state index contributed by atoms with van der Waals surface area (Å²) in [4.78, 5) is 27.8. The average molecular weight is 496 g/mol. The van der Waals surface area contributed by atoms with Gasteiger partial charge >= 0.3 is 12.1 Å². The summed E-state index contributed by atoms with van der Waals surface area (Å²) < 4.78 is 40.7. The number of nitrogens with zero attached hydrogens (tertiary/aromatic N) is 3. The van der Waals surface area contributed by atoms with Crippen molar-refractivity contribution >= 4 is 57.1 Å². The fourth-order valence-corrected chi connectivity index (χ4v) is 3.20. The molecule has 3 rings (SSSR count). The van der Waals surface area contributed by atoms with Gasteiger partial charge in [0, 0.05) is 6.20 Å². The minimum Gasteiger partial charge on any atom is -0.478 e. The first-order valence-electron chi connectivity index (χ1n) is 6.79. The average Bonchev–Trinajstić information content (AvgIpc) is 2.89. The lowest BCUT2D eigenvalue weighted by Gasteiger charge is -2.13. The highest BCUT2D eigenvalue weighted by Crippen LogP contribution is 2.36. The first kappa shape index (κ1) is 18.6. The van der Waals surface area contributed by atoms with Gasteiger partial charge < -0.3 is 5.11 Å². The number of aromatic nitrogens is 3. The van der Waals surface area contributed by atoms with Crippen LogP contribution in [0.4, 0.5) is 13.2 Å². The first-order valence-corrected chi connectivity index (χ1v) is 8.25. The number of benzene rings is 1. The molecule has 11 heteroatoms. The molecule has 0 atom stereocenters. The van der Waals surface area contributed by atoms with E-state index in [4.69, 9.17) is 16.7 Å². The molecule has 3 aromatic rings. The number of hydrogen-bond donors (Lipinski definition) is 1. The van der Waals surface area contributed by atoms with Gasteiger partial charge in [-0.2, -0.15) is 23.0 Å². The van der Waals surface area contributed by atoms with E-state index in [1.165, 1.54) is 0 Å². The van der Waals surface area contributed by atoms with Crippen molar-refractivity contribution in [3.05, 3.63) is 55.9 Å². The van der Waals surface area contributed by atoms with Crippen LogP contribution in [0.2, 0.25) is 5.02 Å². The van der Waals surface area contributed by atoms with E-state index in [0.29, 0.717) is 4.68 Å². The van der Waals surface area contributed by atoms with E-state index in [1.807, 2.05) is 0 Å². The van der Waals surface area contributed by atoms with E-state index in [1.54, 1.807) is 22.6 Å². The van der Waals surface area contributed by atoms with Gasteiger partial charge in [-0.25, -0.2) is 4.79 Å². The zero-order valence-corrected chi connectivity index (χ0v) is 15.3. The Morgan fingerprint density at radius 3 is 2.58 bits per heavy atom. The number of carbonyl (C=O) groups excluding carboxylic acids is 1. The predicted molar refractivity (Wildman–Crippen MR) is 93.4 cm³/mol. The Bertz CT molecular complexity index is 1070. The Labute approximate surface area is 161 Å². The molecule has 2 aromatic heterocycles. The molecule has 1 aromatic carbocycles. The molecule has 0 bridgehead atoms. The smallest absolute Gasteiger partial charge is 0.417 e. The maximum absolute atomic E-state index is 13.3. The summed E-state index contributed by atoms with van der Waals surface area (Å²) in [6, 6.07) is 4.08. The Hall–Kier alpha value is -2.21. The standard InChI is InChI=1S/C15H6ClF3IN3O3/c16-8-3-1-2-7(15(17,18)19)10(8)13(24)23-9-4-6(14(25)26)5-21-11(9)12(20)22-23/h1-5H,(H,25,26). The molecular weight excluding hydrogens is 490 g/mol. The number of fused-ring (bicyclic) bond motifs is 1. The SMILES string of the molecule is O=C(O)c1cnc2c(I)nn(C(=O)c3c(Cl)cccc3C(F)(F)F)c2c1. The molecule has 0 saturated heterocycles. The Morgan fingerprint density at radius 1 is 1.27 bits per heavy atom. The normalized spacial score (nSPS) is 11.7. The lowest BCUT2D eigenvalue weighted by atomic mass is 10.1. The maximum Gasteiger partial charge on any atom is 0.417 e. The molecule has 0 aliphatic heterocycles. The third kappa shape index (κ3) is 3.14. The highest BCUT2D eigenvalue weighted by atomic mass is 127. The zero-order chi connectivity index (χ0) is 19.2. The molecule has 0 saturated carbocycles. The van der Waals surface area contributed by atoms with Gasteiger partial charge in [-0.05, 0) is 40.8 Å². The number of carbonyl (C=O) groups is 2. The molecule has 0 amide bonds. The summed E-state index contributed by atoms with van der Waals surface area (Å²) in [5.74, 6) is -2.44. The van der Waals surface area contributed by atoms with E-state index in [9.17, 15) is 22.8 Å². The second kappa shape index (κ2) is 6.50. The van der Waals surface area contributed by atoms with Crippen LogP contribution in [0, 0.1) is 3.70 Å². The Kier molecular flexibility index (Phi) is 4.65. The van der Waals surface area contributed by atoms with Crippen LogP contribution in [0.25, 0.3) is 11.0 Å². The number of carboxylic acid groups (broad SMARTS) is 1. The van der Waals surface area contributed by atoms with E-state index >= 15 is 0 Å². The summed E-state index contributed by atoms with van der Waals surface area (Å²) in [7, 11) is 0. The van der Waals surface area contributed by atoms with E-state index in [-0.39, 0.29) is 20.3 Å². The van der Waals surface area contributed by atoms with E-state index in [0.717, 1.165) is 30.5 Å². The fraction of sp³-hybridized carbons (Fsp3) is 0.0667. The summed E-state index contributed by atoms with van der Waals surface area (Å²) in [5, 5.41) is 12.6. The van der Waals surface area contributed by atoms with E-state index < -0.39 is 34.2 Å². The third-order valence-corrected chi connectivity index (χ3v) is 4.49. The fourth-order valence-electron chi connectivity index (χ4n) is 2.32. The molecule has 0 radical (unpaired) electrons. The van der Waals surface area contributed by atoms with Crippen molar-refractivity contribution in [2.45, 2.75) is 6.18 Å². The van der Waals surface area contributed by atoms with Crippen molar-refractivity contribution < 1.29 is 27.9 Å². The van der Waals surface area contributed by atoms with Crippen molar-refractivity contribution in [3.63, 3.8) is 0 Å². The van der Waals surface area contributed by atoms with Crippen LogP contribution in [0.1, 0.15) is 26.3 Å². The first-order chi connectivity index (χ1) is 12.1. The quantitative estimate of drug-likeness (QED) is 0.542. The van der Waals surface area contributed by atoms with Gasteiger partial charge in [0.05, 0.1) is 27.2 Å². The molecule has 6 nitrogen and oxygen atoms in total. The minimum absolute atomic E-state index is 0.0349. The molecular formula is C15H6ClF3IN3O3. The van der Waals surface area contributed by atoms with Gasteiger partial charge in [-0.15, -0.1) is 0 Å². The molecule has 0 spiro atoms. The van der Waals surface area contributed by atoms with Gasteiger partial charge in [0.15, 0.2) is 0 Å². The van der Waals surface area contributed by atoms with Crippen molar-refractivity contribution in [1.29, 1.82) is 0 Å². The molecule has 1 N–H and O–H groups in total. The summed E-state index contributed by atoms with van der Waals surface area (Å²) >= 11 is 7.59. The Morgan fingerprint density at radius 2 is 1.96 bits per heavy atom. The number of carboxylic acids is 1. The minimum atomic E-state index is -4.81. The molecule has 0 unspecified atom stereocenters. The second-order valence-electron chi connectivity index (χ2n) is 5.06. The van der Waals surface area contributed by atoms with Crippen LogP contribution in [0.3, 0.4) is 0 Å². The number of aromatic carboxylic acids is 1. The molecule has 0 aliphatic carbocycles. The maximum atomic E-state index is 13.3. The van der Waals surface area contributed by atoms with Crippen molar-refractivity contribution in [3.8, 4) is 0 Å². The Balaban J connectivity index is 2.27. The van der Waals surface area contributed by atoms with Crippen LogP contribution < -0.4 is 0 Å². The van der Waals surface area contributed by atoms with E-state index in [2.05, 4.69) is 10.1 Å². The lowest BCUT2D eigenvalue weighted by molar-refractivity contribution is -0.137. The van der Waals surface area contributed by atoms with Gasteiger partial charge in [0.2, 0.25) is 0 Å². The molecule has 0 aliphatic rings. The summed E-state index contributed by atoms with van der Waals surface area (Å²) in [6.45, 7) is 0. The topological polar surface area (TPSA) is 85.1 Å². The van der Waals surface area contributed by atoms with Gasteiger partial charge in [0.1, 0.15) is 9.22 Å². The molecule has 134 valence electrons. The van der Waals surface area contributed by atoms with Gasteiger partial charge in [0.25, 0.3) is 5.91 Å². The highest BCUT2D eigenvalue weighted by molar-refractivity contribution is 14.1. The number of pyridine rings is 1. The molecule has 0 fully saturated rings. The largest absolute Gasteiger partial charge is 0.478 e. The van der Waals surface area contributed by atoms with Crippen LogP contribution in [-0.4, -0.2) is 31.7 Å². The zero-order valence-electron chi connectivity index (χ0n) is 12.4. The van der Waals surface area contributed by atoms with Crippen molar-refractivity contribution in [1.82, 2.24) is 14.8 Å². The van der Waals surface area contributed by atoms with Crippen LogP contribution in [0.5, 0.6) is 0 Å². The number of rotatable bonds is 2. The summed E-state index contributed by atoms with van der Waals surface area (Å²) in [6.07, 6.45) is -3.74. The van der Waals surface area contributed by atoms with Gasteiger partial charge in [-0.1, -0.05) is 17.7 Å². The van der Waals surface area contributed by atoms with Crippen LogP contribution in [-0.2, 0) is 6.18 Å².